The number of rotatable bonds is 0. The van der Waals surface area contributed by atoms with E-state index in [9.17, 15) is 0 Å². The third-order valence-corrected chi connectivity index (χ3v) is 1.53. The Bertz CT molecular complexity index is 169. The summed E-state index contributed by atoms with van der Waals surface area (Å²) in [6, 6.07) is 3.58. The summed E-state index contributed by atoms with van der Waals surface area (Å²) < 4.78 is 0. The number of pyridine rings is 1. The van der Waals surface area contributed by atoms with Crippen molar-refractivity contribution in [1.82, 2.24) is 4.98 Å². The Balaban J connectivity index is 3.13. The summed E-state index contributed by atoms with van der Waals surface area (Å²) in [6.07, 6.45) is 1.63. The standard InChI is InChI=1S/C5H4ClNS/c6-5-4(8)2-1-3-7-5/h1-3,8H. The summed E-state index contributed by atoms with van der Waals surface area (Å²) in [5.74, 6) is 0. The Morgan fingerprint density at radius 3 is 2.75 bits per heavy atom. The molecule has 0 amide bonds. The second-order valence-corrected chi connectivity index (χ2v) is 2.15. The fraction of sp³-hybridized carbons (Fsp3) is 0. The van der Waals surface area contributed by atoms with Crippen LogP contribution in [0.5, 0.6) is 0 Å². The van der Waals surface area contributed by atoms with Gasteiger partial charge in [0.05, 0.1) is 0 Å². The molecule has 0 aromatic carbocycles. The molecular formula is C5H4ClNS. The highest BCUT2D eigenvalue weighted by Crippen LogP contribution is 2.14. The Kier molecular flexibility index (Phi) is 1.76. The summed E-state index contributed by atoms with van der Waals surface area (Å²) in [4.78, 5) is 4.48. The molecule has 8 heavy (non-hydrogen) atoms. The van der Waals surface area contributed by atoms with Crippen LogP contribution in [0.15, 0.2) is 23.2 Å². The predicted octanol–water partition coefficient (Wildman–Crippen LogP) is 2.02. The van der Waals surface area contributed by atoms with Crippen LogP contribution in [0.4, 0.5) is 0 Å². The minimum Gasteiger partial charge on any atom is -0.243 e. The normalized spacial score (nSPS) is 9.25. The highest BCUT2D eigenvalue weighted by molar-refractivity contribution is 7.80. The van der Waals surface area contributed by atoms with Gasteiger partial charge in [0.2, 0.25) is 0 Å². The van der Waals surface area contributed by atoms with Crippen LogP contribution < -0.4 is 0 Å². The summed E-state index contributed by atoms with van der Waals surface area (Å²) >= 11 is 9.52. The van der Waals surface area contributed by atoms with Gasteiger partial charge in [-0.1, -0.05) is 11.6 Å². The maximum Gasteiger partial charge on any atom is 0.142 e. The van der Waals surface area contributed by atoms with Gasteiger partial charge < -0.3 is 0 Å². The minimum atomic E-state index is 0.454. The average molecular weight is 146 g/mol. The molecule has 0 aliphatic carbocycles. The first kappa shape index (κ1) is 5.92. The van der Waals surface area contributed by atoms with E-state index in [2.05, 4.69) is 17.6 Å². The fourth-order valence-corrected chi connectivity index (χ4v) is 0.641. The van der Waals surface area contributed by atoms with Crippen molar-refractivity contribution in [2.24, 2.45) is 0 Å². The lowest BCUT2D eigenvalue weighted by Gasteiger charge is -1.89. The molecule has 0 aliphatic rings. The van der Waals surface area contributed by atoms with Crippen molar-refractivity contribution in [1.29, 1.82) is 0 Å². The Morgan fingerprint density at radius 1 is 1.62 bits per heavy atom. The molecule has 3 heteroatoms. The van der Waals surface area contributed by atoms with E-state index in [1.807, 2.05) is 0 Å². The van der Waals surface area contributed by atoms with E-state index in [1.54, 1.807) is 18.3 Å². The molecular weight excluding hydrogens is 142 g/mol. The van der Waals surface area contributed by atoms with Crippen molar-refractivity contribution in [3.8, 4) is 0 Å². The molecule has 1 heterocycles. The number of hydrogen-bond acceptors (Lipinski definition) is 2. The van der Waals surface area contributed by atoms with Crippen molar-refractivity contribution in [3.63, 3.8) is 0 Å². The van der Waals surface area contributed by atoms with Gasteiger partial charge >= 0.3 is 0 Å². The molecule has 0 unspecified atom stereocenters. The van der Waals surface area contributed by atoms with Crippen LogP contribution in [-0.4, -0.2) is 4.98 Å². The summed E-state index contributed by atoms with van der Waals surface area (Å²) in [7, 11) is 0. The monoisotopic (exact) mass is 145 g/mol. The second-order valence-electron chi connectivity index (χ2n) is 1.31. The van der Waals surface area contributed by atoms with Crippen molar-refractivity contribution < 1.29 is 0 Å². The molecule has 42 valence electrons. The Hall–Kier alpha value is -0.210. The molecule has 0 saturated heterocycles. The SMILES string of the molecule is Sc1cccnc1Cl. The van der Waals surface area contributed by atoms with Gasteiger partial charge in [0, 0.05) is 11.1 Å². The number of aromatic nitrogens is 1. The van der Waals surface area contributed by atoms with Gasteiger partial charge in [-0.05, 0) is 12.1 Å². The molecule has 0 atom stereocenters. The van der Waals surface area contributed by atoms with Gasteiger partial charge in [-0.15, -0.1) is 12.6 Å². The van der Waals surface area contributed by atoms with E-state index in [0.29, 0.717) is 10.0 Å². The van der Waals surface area contributed by atoms with E-state index in [0.717, 1.165) is 0 Å². The Morgan fingerprint density at radius 2 is 2.38 bits per heavy atom. The van der Waals surface area contributed by atoms with Crippen molar-refractivity contribution in [2.75, 3.05) is 0 Å². The first-order chi connectivity index (χ1) is 3.80. The van der Waals surface area contributed by atoms with E-state index in [1.165, 1.54) is 0 Å². The van der Waals surface area contributed by atoms with Gasteiger partial charge in [-0.3, -0.25) is 0 Å². The number of nitrogens with zero attached hydrogens (tertiary/aromatic N) is 1. The molecule has 1 aromatic heterocycles. The first-order valence-electron chi connectivity index (χ1n) is 2.10. The smallest absolute Gasteiger partial charge is 0.142 e. The number of thiol groups is 1. The maximum atomic E-state index is 5.52. The quantitative estimate of drug-likeness (QED) is 0.436. The number of halogens is 1. The van der Waals surface area contributed by atoms with E-state index >= 15 is 0 Å². The van der Waals surface area contributed by atoms with E-state index < -0.39 is 0 Å². The molecule has 1 nitrogen and oxygen atoms in total. The van der Waals surface area contributed by atoms with Crippen LogP contribution in [0, 0.1) is 0 Å². The number of hydrogen-bond donors (Lipinski definition) is 1. The first-order valence-corrected chi connectivity index (χ1v) is 2.92. The van der Waals surface area contributed by atoms with Crippen LogP contribution in [0.3, 0.4) is 0 Å². The zero-order valence-corrected chi connectivity index (χ0v) is 5.65. The second kappa shape index (κ2) is 2.37. The summed E-state index contributed by atoms with van der Waals surface area (Å²) in [6.45, 7) is 0. The van der Waals surface area contributed by atoms with Crippen LogP contribution >= 0.6 is 24.2 Å². The highest BCUT2D eigenvalue weighted by Gasteiger charge is 1.89. The molecule has 0 aliphatic heterocycles. The molecule has 0 N–H and O–H groups in total. The molecule has 0 fully saturated rings. The maximum absolute atomic E-state index is 5.52. The van der Waals surface area contributed by atoms with Crippen molar-refractivity contribution >= 4 is 24.2 Å². The average Bonchev–Trinajstić information content (AvgIpc) is 1.77. The molecule has 1 rings (SSSR count). The topological polar surface area (TPSA) is 12.9 Å². The van der Waals surface area contributed by atoms with Crippen molar-refractivity contribution in [3.05, 3.63) is 23.5 Å². The van der Waals surface area contributed by atoms with E-state index in [4.69, 9.17) is 11.6 Å². The predicted molar refractivity (Wildman–Crippen MR) is 36.5 cm³/mol. The van der Waals surface area contributed by atoms with Crippen LogP contribution in [-0.2, 0) is 0 Å². The van der Waals surface area contributed by atoms with Gasteiger partial charge in [0.25, 0.3) is 0 Å². The molecule has 0 saturated carbocycles. The zero-order chi connectivity index (χ0) is 5.98. The Labute approximate surface area is 58.1 Å². The lowest BCUT2D eigenvalue weighted by atomic mass is 10.5. The summed E-state index contributed by atoms with van der Waals surface area (Å²) in [5.41, 5.74) is 0. The lowest BCUT2D eigenvalue weighted by Crippen LogP contribution is -1.72. The van der Waals surface area contributed by atoms with Crippen molar-refractivity contribution in [2.45, 2.75) is 4.90 Å². The third-order valence-electron chi connectivity index (χ3n) is 0.739. The molecule has 0 radical (unpaired) electrons. The molecule has 0 bridgehead atoms. The van der Waals surface area contributed by atoms with Gasteiger partial charge in [0.15, 0.2) is 0 Å². The highest BCUT2D eigenvalue weighted by atomic mass is 35.5. The zero-order valence-electron chi connectivity index (χ0n) is 4.00. The van der Waals surface area contributed by atoms with Gasteiger partial charge in [0.1, 0.15) is 5.15 Å². The minimum absolute atomic E-state index is 0.454. The summed E-state index contributed by atoms with van der Waals surface area (Å²) in [5, 5.41) is 0.454. The van der Waals surface area contributed by atoms with Crippen LogP contribution in [0.1, 0.15) is 0 Å². The largest absolute Gasteiger partial charge is 0.243 e. The third kappa shape index (κ3) is 1.14. The van der Waals surface area contributed by atoms with Crippen LogP contribution in [0.25, 0.3) is 0 Å². The van der Waals surface area contributed by atoms with Crippen LogP contribution in [0.2, 0.25) is 5.15 Å². The van der Waals surface area contributed by atoms with Gasteiger partial charge in [-0.25, -0.2) is 4.98 Å². The molecule has 0 spiro atoms. The molecule has 1 aromatic rings. The van der Waals surface area contributed by atoms with Gasteiger partial charge in [-0.2, -0.15) is 0 Å². The fourth-order valence-electron chi connectivity index (χ4n) is 0.378. The lowest BCUT2D eigenvalue weighted by molar-refractivity contribution is 1.24. The van der Waals surface area contributed by atoms with E-state index in [-0.39, 0.29) is 0 Å².